The van der Waals surface area contributed by atoms with Crippen LogP contribution in [-0.4, -0.2) is 67.0 Å². The van der Waals surface area contributed by atoms with Crippen LogP contribution in [0.1, 0.15) is 20.3 Å². The average Bonchev–Trinajstić information content (AvgIpc) is 2.62. The van der Waals surface area contributed by atoms with Crippen LogP contribution in [0.3, 0.4) is 0 Å². The van der Waals surface area contributed by atoms with Gasteiger partial charge in [0.15, 0.2) is 6.10 Å². The lowest BCUT2D eigenvalue weighted by Crippen LogP contribution is -2.53. The van der Waals surface area contributed by atoms with Gasteiger partial charge in [0, 0.05) is 37.7 Å². The molecule has 1 N–H and O–H groups in total. The lowest BCUT2D eigenvalue weighted by atomic mass is 10.2. The van der Waals surface area contributed by atoms with Crippen molar-refractivity contribution in [3.05, 3.63) is 28.2 Å². The van der Waals surface area contributed by atoms with Crippen LogP contribution in [0.15, 0.2) is 18.2 Å². The number of rotatable bonds is 7. The van der Waals surface area contributed by atoms with Gasteiger partial charge in [-0.3, -0.25) is 14.5 Å². The van der Waals surface area contributed by atoms with E-state index in [1.165, 1.54) is 0 Å². The van der Waals surface area contributed by atoms with Crippen LogP contribution in [0.5, 0.6) is 5.75 Å². The van der Waals surface area contributed by atoms with E-state index in [0.717, 1.165) is 6.42 Å². The zero-order chi connectivity index (χ0) is 19.1. The summed E-state index contributed by atoms with van der Waals surface area (Å²) >= 11 is 12.0. The normalized spacial score (nSPS) is 16.2. The predicted octanol–water partition coefficient (Wildman–Crippen LogP) is 2.43. The fourth-order valence-corrected chi connectivity index (χ4v) is 3.17. The summed E-state index contributed by atoms with van der Waals surface area (Å²) in [6.45, 7) is 7.26. The fraction of sp³-hybridized carbons (Fsp3) is 0.556. The molecule has 0 spiro atoms. The number of nitrogens with zero attached hydrogens (tertiary/aromatic N) is 2. The topological polar surface area (TPSA) is 61.9 Å². The minimum absolute atomic E-state index is 0.0284. The molecule has 0 aliphatic carbocycles. The number of hydrogen-bond acceptors (Lipinski definition) is 4. The molecule has 1 unspecified atom stereocenters. The molecule has 144 valence electrons. The molecule has 1 atom stereocenters. The van der Waals surface area contributed by atoms with Gasteiger partial charge in [0.25, 0.3) is 5.91 Å². The average molecular weight is 402 g/mol. The first kappa shape index (κ1) is 20.8. The van der Waals surface area contributed by atoms with Crippen molar-refractivity contribution in [3.63, 3.8) is 0 Å². The van der Waals surface area contributed by atoms with Crippen LogP contribution in [0.25, 0.3) is 0 Å². The Labute approximate surface area is 164 Å². The van der Waals surface area contributed by atoms with Crippen LogP contribution in [0.4, 0.5) is 0 Å². The van der Waals surface area contributed by atoms with E-state index in [-0.39, 0.29) is 11.8 Å². The SMILES string of the molecule is CCCNC(=O)CN1CCN(C(=O)C(C)Oc2ccc(Cl)cc2Cl)CC1. The van der Waals surface area contributed by atoms with Crippen molar-refractivity contribution >= 4 is 35.0 Å². The zero-order valence-corrected chi connectivity index (χ0v) is 16.6. The summed E-state index contributed by atoms with van der Waals surface area (Å²) in [5.74, 6) is 0.370. The molecule has 1 aromatic carbocycles. The van der Waals surface area contributed by atoms with Crippen molar-refractivity contribution in [2.24, 2.45) is 0 Å². The number of amides is 2. The van der Waals surface area contributed by atoms with E-state index in [9.17, 15) is 9.59 Å². The molecule has 26 heavy (non-hydrogen) atoms. The van der Waals surface area contributed by atoms with Gasteiger partial charge < -0.3 is 15.0 Å². The molecular formula is C18H25Cl2N3O3. The highest BCUT2D eigenvalue weighted by atomic mass is 35.5. The molecule has 1 aliphatic rings. The number of halogens is 2. The number of ether oxygens (including phenoxy) is 1. The molecule has 2 rings (SSSR count). The maximum Gasteiger partial charge on any atom is 0.263 e. The number of nitrogens with one attached hydrogen (secondary N) is 1. The predicted molar refractivity (Wildman–Crippen MR) is 103 cm³/mol. The molecular weight excluding hydrogens is 377 g/mol. The Balaban J connectivity index is 1.80. The summed E-state index contributed by atoms with van der Waals surface area (Å²) in [5.41, 5.74) is 0. The number of carbonyl (C=O) groups is 2. The number of benzene rings is 1. The molecule has 1 aliphatic heterocycles. The van der Waals surface area contributed by atoms with E-state index in [4.69, 9.17) is 27.9 Å². The highest BCUT2D eigenvalue weighted by molar-refractivity contribution is 6.35. The minimum Gasteiger partial charge on any atom is -0.479 e. The van der Waals surface area contributed by atoms with E-state index >= 15 is 0 Å². The maximum absolute atomic E-state index is 12.6. The van der Waals surface area contributed by atoms with Crippen molar-refractivity contribution in [3.8, 4) is 5.75 Å². The first-order valence-electron chi connectivity index (χ1n) is 8.80. The van der Waals surface area contributed by atoms with Gasteiger partial charge in [-0.25, -0.2) is 0 Å². The van der Waals surface area contributed by atoms with Gasteiger partial charge in [-0.1, -0.05) is 30.1 Å². The lowest BCUT2D eigenvalue weighted by Gasteiger charge is -2.35. The molecule has 0 saturated carbocycles. The van der Waals surface area contributed by atoms with Gasteiger partial charge >= 0.3 is 0 Å². The highest BCUT2D eigenvalue weighted by Crippen LogP contribution is 2.28. The summed E-state index contributed by atoms with van der Waals surface area (Å²) in [6, 6.07) is 4.90. The second-order valence-corrected chi connectivity index (χ2v) is 7.13. The quantitative estimate of drug-likeness (QED) is 0.761. The van der Waals surface area contributed by atoms with Gasteiger partial charge in [0.1, 0.15) is 5.75 Å². The summed E-state index contributed by atoms with van der Waals surface area (Å²) < 4.78 is 5.69. The van der Waals surface area contributed by atoms with Crippen LogP contribution in [0.2, 0.25) is 10.0 Å². The molecule has 2 amide bonds. The molecule has 0 aromatic heterocycles. The smallest absolute Gasteiger partial charge is 0.263 e. The number of piperazine rings is 1. The van der Waals surface area contributed by atoms with E-state index in [0.29, 0.717) is 55.1 Å². The van der Waals surface area contributed by atoms with Crippen LogP contribution >= 0.6 is 23.2 Å². The molecule has 1 fully saturated rings. The Hall–Kier alpha value is -1.50. The van der Waals surface area contributed by atoms with Crippen molar-refractivity contribution in [2.45, 2.75) is 26.4 Å². The van der Waals surface area contributed by atoms with E-state index in [1.807, 2.05) is 6.92 Å². The minimum atomic E-state index is -0.645. The first-order chi connectivity index (χ1) is 12.4. The molecule has 0 bridgehead atoms. The lowest BCUT2D eigenvalue weighted by molar-refractivity contribution is -0.139. The Morgan fingerprint density at radius 3 is 2.54 bits per heavy atom. The molecule has 1 heterocycles. The monoisotopic (exact) mass is 401 g/mol. The van der Waals surface area contributed by atoms with Gasteiger partial charge in [-0.2, -0.15) is 0 Å². The highest BCUT2D eigenvalue weighted by Gasteiger charge is 2.27. The second kappa shape index (κ2) is 10.00. The second-order valence-electron chi connectivity index (χ2n) is 6.29. The fourth-order valence-electron chi connectivity index (χ4n) is 2.72. The first-order valence-corrected chi connectivity index (χ1v) is 9.55. The van der Waals surface area contributed by atoms with Gasteiger partial charge in [0.05, 0.1) is 11.6 Å². The third-order valence-electron chi connectivity index (χ3n) is 4.17. The molecule has 1 saturated heterocycles. The van der Waals surface area contributed by atoms with Gasteiger partial charge in [-0.05, 0) is 31.5 Å². The summed E-state index contributed by atoms with van der Waals surface area (Å²) in [7, 11) is 0. The standard InChI is InChI=1S/C18H25Cl2N3O3/c1-3-6-21-17(24)12-22-7-9-23(10-8-22)18(25)13(2)26-16-5-4-14(19)11-15(16)20/h4-5,11,13H,3,6-10,12H2,1-2H3,(H,21,24). The molecule has 6 nitrogen and oxygen atoms in total. The number of hydrogen-bond donors (Lipinski definition) is 1. The molecule has 1 aromatic rings. The Bertz CT molecular complexity index is 634. The van der Waals surface area contributed by atoms with Crippen molar-refractivity contribution in [1.82, 2.24) is 15.1 Å². The van der Waals surface area contributed by atoms with Gasteiger partial charge in [0.2, 0.25) is 5.91 Å². The van der Waals surface area contributed by atoms with Crippen molar-refractivity contribution in [1.29, 1.82) is 0 Å². The maximum atomic E-state index is 12.6. The molecule has 0 radical (unpaired) electrons. The van der Waals surface area contributed by atoms with Crippen molar-refractivity contribution < 1.29 is 14.3 Å². The Morgan fingerprint density at radius 1 is 1.23 bits per heavy atom. The third kappa shape index (κ3) is 6.04. The summed E-state index contributed by atoms with van der Waals surface area (Å²) in [4.78, 5) is 28.2. The van der Waals surface area contributed by atoms with Crippen LogP contribution in [-0.2, 0) is 9.59 Å². The summed E-state index contributed by atoms with van der Waals surface area (Å²) in [5, 5.41) is 3.75. The van der Waals surface area contributed by atoms with Crippen LogP contribution < -0.4 is 10.1 Å². The van der Waals surface area contributed by atoms with Gasteiger partial charge in [-0.15, -0.1) is 0 Å². The van der Waals surface area contributed by atoms with Crippen molar-refractivity contribution in [2.75, 3.05) is 39.3 Å². The Morgan fingerprint density at radius 2 is 1.92 bits per heavy atom. The zero-order valence-electron chi connectivity index (χ0n) is 15.1. The largest absolute Gasteiger partial charge is 0.479 e. The molecule has 8 heteroatoms. The van der Waals surface area contributed by atoms with E-state index < -0.39 is 6.10 Å². The van der Waals surface area contributed by atoms with Crippen LogP contribution in [0, 0.1) is 0 Å². The Kier molecular flexibility index (Phi) is 8.00. The summed E-state index contributed by atoms with van der Waals surface area (Å²) in [6.07, 6.45) is 0.275. The van der Waals surface area contributed by atoms with E-state index in [2.05, 4.69) is 10.2 Å². The number of carbonyl (C=O) groups excluding carboxylic acids is 2. The third-order valence-corrected chi connectivity index (χ3v) is 4.70. The van der Waals surface area contributed by atoms with E-state index in [1.54, 1.807) is 30.0 Å².